The van der Waals surface area contributed by atoms with Crippen LogP contribution in [0.3, 0.4) is 0 Å². The van der Waals surface area contributed by atoms with Crippen molar-refractivity contribution >= 4 is 18.0 Å². The van der Waals surface area contributed by atoms with Gasteiger partial charge in [-0.3, -0.25) is 14.5 Å². The number of rotatable bonds is 4. The van der Waals surface area contributed by atoms with Gasteiger partial charge in [0.1, 0.15) is 5.60 Å². The molecule has 0 spiro atoms. The van der Waals surface area contributed by atoms with Gasteiger partial charge in [0.05, 0.1) is 13.0 Å². The minimum absolute atomic E-state index is 0.00258. The first-order chi connectivity index (χ1) is 11.7. The number of nitrogens with zero attached hydrogens (tertiary/aromatic N) is 3. The molecule has 8 heteroatoms. The second-order valence-corrected chi connectivity index (χ2v) is 7.57. The maximum absolute atomic E-state index is 12.0. The molecule has 2 amide bonds. The Morgan fingerprint density at radius 1 is 1.12 bits per heavy atom. The number of esters is 1. The second kappa shape index (κ2) is 8.03. The normalized spacial score (nSPS) is 22.2. The Labute approximate surface area is 149 Å². The Bertz CT molecular complexity index is 509. The summed E-state index contributed by atoms with van der Waals surface area (Å²) in [5.74, 6) is -0.661. The molecule has 1 atom stereocenters. The first-order valence-corrected chi connectivity index (χ1v) is 8.75. The molecule has 142 valence electrons. The van der Waals surface area contributed by atoms with Gasteiger partial charge >= 0.3 is 12.1 Å². The fourth-order valence-electron chi connectivity index (χ4n) is 3.06. The average Bonchev–Trinajstić information content (AvgIpc) is 2.92. The number of hydrogen-bond donors (Lipinski definition) is 0. The second-order valence-electron chi connectivity index (χ2n) is 7.57. The summed E-state index contributed by atoms with van der Waals surface area (Å²) >= 11 is 0. The van der Waals surface area contributed by atoms with E-state index in [2.05, 4.69) is 4.90 Å². The highest BCUT2D eigenvalue weighted by atomic mass is 16.6. The largest absolute Gasteiger partial charge is 0.469 e. The van der Waals surface area contributed by atoms with Crippen LogP contribution in [-0.4, -0.2) is 91.2 Å². The van der Waals surface area contributed by atoms with Crippen molar-refractivity contribution in [2.75, 3.05) is 52.9 Å². The summed E-state index contributed by atoms with van der Waals surface area (Å²) in [7, 11) is 1.35. The number of hydrogen-bond acceptors (Lipinski definition) is 6. The molecule has 0 aromatic carbocycles. The number of amides is 2. The highest BCUT2D eigenvalue weighted by Crippen LogP contribution is 2.19. The lowest BCUT2D eigenvalue weighted by molar-refractivity contribution is -0.145. The molecule has 0 aliphatic carbocycles. The molecule has 2 rings (SSSR count). The van der Waals surface area contributed by atoms with Gasteiger partial charge in [0.15, 0.2) is 0 Å². The maximum atomic E-state index is 12.0. The van der Waals surface area contributed by atoms with Crippen LogP contribution in [0.15, 0.2) is 0 Å². The summed E-state index contributed by atoms with van der Waals surface area (Å²) in [6.07, 6.45) is -0.0400. The van der Waals surface area contributed by atoms with Gasteiger partial charge in [0.25, 0.3) is 0 Å². The molecule has 0 N–H and O–H groups in total. The summed E-state index contributed by atoms with van der Waals surface area (Å²) in [5.41, 5.74) is -0.486. The van der Waals surface area contributed by atoms with E-state index >= 15 is 0 Å². The van der Waals surface area contributed by atoms with E-state index in [1.807, 2.05) is 20.8 Å². The van der Waals surface area contributed by atoms with E-state index in [0.29, 0.717) is 26.2 Å². The molecule has 1 unspecified atom stereocenters. The molecule has 0 aromatic heterocycles. The predicted molar refractivity (Wildman–Crippen MR) is 91.0 cm³/mol. The molecule has 2 heterocycles. The van der Waals surface area contributed by atoms with E-state index in [-0.39, 0.29) is 30.3 Å². The Kier molecular flexibility index (Phi) is 6.26. The quantitative estimate of drug-likeness (QED) is 0.686. The zero-order valence-electron chi connectivity index (χ0n) is 15.6. The fraction of sp³-hybridized carbons (Fsp3) is 0.824. The highest BCUT2D eigenvalue weighted by molar-refractivity contribution is 5.86. The van der Waals surface area contributed by atoms with E-state index in [9.17, 15) is 14.4 Å². The maximum Gasteiger partial charge on any atom is 0.410 e. The number of piperazine rings is 1. The van der Waals surface area contributed by atoms with Crippen LogP contribution >= 0.6 is 0 Å². The van der Waals surface area contributed by atoms with E-state index in [0.717, 1.165) is 19.6 Å². The standard InChI is InChI=1S/C17H29N3O5/c1-17(2,3)25-16(23)19-8-5-18(6-9-19)7-10-20-12-13(11-14(20)21)15(22)24-4/h13H,5-12H2,1-4H3. The van der Waals surface area contributed by atoms with Gasteiger partial charge in [0.2, 0.25) is 5.91 Å². The van der Waals surface area contributed by atoms with Gasteiger partial charge < -0.3 is 19.3 Å². The number of methoxy groups -OCH3 is 1. The van der Waals surface area contributed by atoms with E-state index in [4.69, 9.17) is 9.47 Å². The molecule has 2 aliphatic rings. The molecule has 25 heavy (non-hydrogen) atoms. The predicted octanol–water partition coefficient (Wildman–Crippen LogP) is 0.561. The number of carbonyl (C=O) groups is 3. The Hall–Kier alpha value is -1.83. The van der Waals surface area contributed by atoms with Crippen LogP contribution in [0.5, 0.6) is 0 Å². The van der Waals surface area contributed by atoms with Crippen LogP contribution in [0, 0.1) is 5.92 Å². The lowest BCUT2D eigenvalue weighted by atomic mass is 10.1. The smallest absolute Gasteiger partial charge is 0.410 e. The summed E-state index contributed by atoms with van der Waals surface area (Å²) in [6, 6.07) is 0. The third-order valence-corrected chi connectivity index (χ3v) is 4.46. The SMILES string of the molecule is COC(=O)C1CC(=O)N(CCN2CCN(C(=O)OC(C)(C)C)CC2)C1. The van der Waals surface area contributed by atoms with Crippen molar-refractivity contribution in [2.24, 2.45) is 5.92 Å². The molecule has 8 nitrogen and oxygen atoms in total. The van der Waals surface area contributed by atoms with Gasteiger partial charge in [-0.1, -0.05) is 0 Å². The monoisotopic (exact) mass is 355 g/mol. The molecule has 0 bridgehead atoms. The molecule has 0 aromatic rings. The van der Waals surface area contributed by atoms with Crippen molar-refractivity contribution in [2.45, 2.75) is 32.8 Å². The third-order valence-electron chi connectivity index (χ3n) is 4.46. The van der Waals surface area contributed by atoms with Crippen molar-refractivity contribution < 1.29 is 23.9 Å². The number of likely N-dealkylation sites (tertiary alicyclic amines) is 1. The van der Waals surface area contributed by atoms with Gasteiger partial charge in [-0.2, -0.15) is 0 Å². The van der Waals surface area contributed by atoms with Gasteiger partial charge in [0, 0.05) is 52.2 Å². The first kappa shape index (κ1) is 19.5. The lowest BCUT2D eigenvalue weighted by Crippen LogP contribution is -2.51. The summed E-state index contributed by atoms with van der Waals surface area (Å²) in [4.78, 5) is 41.2. The molecule has 0 radical (unpaired) electrons. The Morgan fingerprint density at radius 3 is 2.32 bits per heavy atom. The zero-order valence-corrected chi connectivity index (χ0v) is 15.6. The van der Waals surface area contributed by atoms with Crippen molar-refractivity contribution in [3.8, 4) is 0 Å². The van der Waals surface area contributed by atoms with Crippen LogP contribution in [-0.2, 0) is 19.1 Å². The van der Waals surface area contributed by atoms with Gasteiger partial charge in [-0.15, -0.1) is 0 Å². The van der Waals surface area contributed by atoms with Crippen LogP contribution in [0.2, 0.25) is 0 Å². The minimum Gasteiger partial charge on any atom is -0.469 e. The lowest BCUT2D eigenvalue weighted by Gasteiger charge is -2.36. The molecule has 0 saturated carbocycles. The van der Waals surface area contributed by atoms with Crippen LogP contribution < -0.4 is 0 Å². The molecule has 2 aliphatic heterocycles. The number of ether oxygens (including phenoxy) is 2. The summed E-state index contributed by atoms with van der Waals surface area (Å²) in [5, 5.41) is 0. The molecule has 2 fully saturated rings. The zero-order chi connectivity index (χ0) is 18.6. The van der Waals surface area contributed by atoms with Crippen molar-refractivity contribution in [3.63, 3.8) is 0 Å². The fourth-order valence-corrected chi connectivity index (χ4v) is 3.06. The molecule has 2 saturated heterocycles. The average molecular weight is 355 g/mol. The molecular formula is C17H29N3O5. The molecular weight excluding hydrogens is 326 g/mol. The van der Waals surface area contributed by atoms with Crippen molar-refractivity contribution in [3.05, 3.63) is 0 Å². The third kappa shape index (κ3) is 5.59. The van der Waals surface area contributed by atoms with Crippen LogP contribution in [0.4, 0.5) is 4.79 Å². The Morgan fingerprint density at radius 2 is 1.76 bits per heavy atom. The van der Waals surface area contributed by atoms with Gasteiger partial charge in [-0.25, -0.2) is 4.79 Å². The van der Waals surface area contributed by atoms with Crippen LogP contribution in [0.25, 0.3) is 0 Å². The highest BCUT2D eigenvalue weighted by Gasteiger charge is 2.35. The van der Waals surface area contributed by atoms with E-state index < -0.39 is 5.60 Å². The summed E-state index contributed by atoms with van der Waals surface area (Å²) in [6.45, 7) is 10.1. The van der Waals surface area contributed by atoms with E-state index in [1.54, 1.807) is 9.80 Å². The topological polar surface area (TPSA) is 79.4 Å². The summed E-state index contributed by atoms with van der Waals surface area (Å²) < 4.78 is 10.1. The number of carbonyl (C=O) groups excluding carboxylic acids is 3. The first-order valence-electron chi connectivity index (χ1n) is 8.75. The Balaban J connectivity index is 1.71. The van der Waals surface area contributed by atoms with Crippen LogP contribution in [0.1, 0.15) is 27.2 Å². The minimum atomic E-state index is -0.486. The van der Waals surface area contributed by atoms with E-state index in [1.165, 1.54) is 7.11 Å². The van der Waals surface area contributed by atoms with Gasteiger partial charge in [-0.05, 0) is 20.8 Å². The van der Waals surface area contributed by atoms with Crippen molar-refractivity contribution in [1.29, 1.82) is 0 Å². The van der Waals surface area contributed by atoms with Crippen molar-refractivity contribution in [1.82, 2.24) is 14.7 Å².